The summed E-state index contributed by atoms with van der Waals surface area (Å²) in [6.45, 7) is 3.34. The summed E-state index contributed by atoms with van der Waals surface area (Å²) in [6, 6.07) is 2.92. The fraction of sp³-hybridized carbons (Fsp3) is 0.125. The van der Waals surface area contributed by atoms with Crippen molar-refractivity contribution in [1.82, 2.24) is 4.57 Å². The molecule has 0 unspecified atom stereocenters. The van der Waals surface area contributed by atoms with Crippen molar-refractivity contribution in [3.63, 3.8) is 0 Å². The Morgan fingerprint density at radius 3 is 2.73 bits per heavy atom. The number of pyridine rings is 1. The second-order valence-corrected chi connectivity index (χ2v) is 2.31. The molecule has 0 radical (unpaired) electrons. The zero-order valence-electron chi connectivity index (χ0n) is 6.24. The number of hydrogen-bond donors (Lipinski definition) is 1. The summed E-state index contributed by atoms with van der Waals surface area (Å²) in [7, 11) is 1.62. The van der Waals surface area contributed by atoms with Gasteiger partial charge in [-0.2, -0.15) is 0 Å². The van der Waals surface area contributed by atoms with E-state index in [0.29, 0.717) is 5.56 Å². The second-order valence-electron chi connectivity index (χ2n) is 2.31. The van der Waals surface area contributed by atoms with Crippen LogP contribution < -0.4 is 5.56 Å². The highest BCUT2D eigenvalue weighted by Crippen LogP contribution is 2.04. The van der Waals surface area contributed by atoms with E-state index in [1.807, 2.05) is 0 Å². The average molecular weight is 151 g/mol. The van der Waals surface area contributed by atoms with Crippen LogP contribution in [0.15, 0.2) is 29.7 Å². The molecule has 3 heteroatoms. The molecule has 1 aromatic rings. The molecule has 0 aromatic carbocycles. The smallest absolute Gasteiger partial charge is 0.250 e. The van der Waals surface area contributed by atoms with Crippen LogP contribution in [0.25, 0.3) is 5.76 Å². The van der Waals surface area contributed by atoms with Crippen LogP contribution in [-0.4, -0.2) is 9.67 Å². The monoisotopic (exact) mass is 151 g/mol. The van der Waals surface area contributed by atoms with Gasteiger partial charge in [-0.25, -0.2) is 0 Å². The summed E-state index contributed by atoms with van der Waals surface area (Å²) in [5.41, 5.74) is 0.460. The average Bonchev–Trinajstić information content (AvgIpc) is 1.94. The number of hydrogen-bond acceptors (Lipinski definition) is 2. The molecule has 1 N–H and O–H groups in total. The Morgan fingerprint density at radius 2 is 2.27 bits per heavy atom. The third-order valence-electron chi connectivity index (χ3n) is 1.42. The van der Waals surface area contributed by atoms with E-state index in [0.717, 1.165) is 0 Å². The van der Waals surface area contributed by atoms with Crippen molar-refractivity contribution in [2.45, 2.75) is 0 Å². The van der Waals surface area contributed by atoms with E-state index in [-0.39, 0.29) is 11.3 Å². The summed E-state index contributed by atoms with van der Waals surface area (Å²) >= 11 is 0. The van der Waals surface area contributed by atoms with Crippen molar-refractivity contribution in [3.05, 3.63) is 40.8 Å². The Balaban J connectivity index is 3.26. The van der Waals surface area contributed by atoms with Gasteiger partial charge in [0.2, 0.25) is 5.56 Å². The van der Waals surface area contributed by atoms with Gasteiger partial charge in [-0.15, -0.1) is 0 Å². The minimum Gasteiger partial charge on any atom is -0.508 e. The van der Waals surface area contributed by atoms with Crippen LogP contribution in [0.1, 0.15) is 5.56 Å². The van der Waals surface area contributed by atoms with Crippen molar-refractivity contribution in [2.75, 3.05) is 0 Å². The van der Waals surface area contributed by atoms with E-state index in [1.165, 1.54) is 22.9 Å². The highest BCUT2D eigenvalue weighted by Gasteiger charge is 1.96. The van der Waals surface area contributed by atoms with Crippen molar-refractivity contribution in [3.8, 4) is 0 Å². The molecule has 1 heterocycles. The third kappa shape index (κ3) is 1.49. The summed E-state index contributed by atoms with van der Waals surface area (Å²) in [5, 5.41) is 8.93. The number of nitrogens with zero attached hydrogens (tertiary/aromatic N) is 1. The van der Waals surface area contributed by atoms with Crippen LogP contribution in [0, 0.1) is 0 Å². The van der Waals surface area contributed by atoms with Crippen LogP contribution in [-0.2, 0) is 7.05 Å². The van der Waals surface area contributed by atoms with Crippen molar-refractivity contribution in [2.24, 2.45) is 7.05 Å². The Bertz CT molecular complexity index is 338. The molecule has 58 valence electrons. The van der Waals surface area contributed by atoms with Gasteiger partial charge >= 0.3 is 0 Å². The molecule has 0 saturated heterocycles. The van der Waals surface area contributed by atoms with E-state index >= 15 is 0 Å². The molecule has 0 aliphatic heterocycles. The molecule has 0 fully saturated rings. The zero-order chi connectivity index (χ0) is 8.43. The van der Waals surface area contributed by atoms with E-state index in [9.17, 15) is 4.79 Å². The van der Waals surface area contributed by atoms with E-state index in [1.54, 1.807) is 7.05 Å². The molecular weight excluding hydrogens is 142 g/mol. The van der Waals surface area contributed by atoms with Crippen LogP contribution in [0.5, 0.6) is 0 Å². The number of aromatic nitrogens is 1. The van der Waals surface area contributed by atoms with Gasteiger partial charge in [0.15, 0.2) is 0 Å². The van der Waals surface area contributed by atoms with E-state index in [4.69, 9.17) is 5.11 Å². The summed E-state index contributed by atoms with van der Waals surface area (Å²) in [4.78, 5) is 10.8. The Hall–Kier alpha value is -1.51. The lowest BCUT2D eigenvalue weighted by Gasteiger charge is -1.99. The summed E-state index contributed by atoms with van der Waals surface area (Å²) < 4.78 is 1.39. The van der Waals surface area contributed by atoms with Gasteiger partial charge in [0.1, 0.15) is 5.76 Å². The quantitative estimate of drug-likeness (QED) is 0.606. The third-order valence-corrected chi connectivity index (χ3v) is 1.42. The minimum atomic E-state index is -0.102. The maximum absolute atomic E-state index is 10.8. The number of aryl methyl sites for hydroxylation is 1. The first-order chi connectivity index (χ1) is 5.11. The lowest BCUT2D eigenvalue weighted by molar-refractivity contribution is 0.512. The number of rotatable bonds is 1. The Morgan fingerprint density at radius 1 is 1.64 bits per heavy atom. The van der Waals surface area contributed by atoms with Gasteiger partial charge in [-0.3, -0.25) is 4.79 Å². The Labute approximate surface area is 64.2 Å². The molecule has 1 aromatic heterocycles. The Kier molecular flexibility index (Phi) is 1.81. The molecular formula is C8H9NO2. The van der Waals surface area contributed by atoms with Crippen molar-refractivity contribution >= 4 is 5.76 Å². The predicted molar refractivity (Wildman–Crippen MR) is 43.3 cm³/mol. The largest absolute Gasteiger partial charge is 0.508 e. The van der Waals surface area contributed by atoms with Crippen LogP contribution in [0.2, 0.25) is 0 Å². The molecule has 0 saturated carbocycles. The van der Waals surface area contributed by atoms with Crippen LogP contribution >= 0.6 is 0 Å². The number of aliphatic hydroxyl groups is 1. The van der Waals surface area contributed by atoms with Gasteiger partial charge in [0.05, 0.1) is 0 Å². The maximum Gasteiger partial charge on any atom is 0.250 e. The van der Waals surface area contributed by atoms with Gasteiger partial charge in [0.25, 0.3) is 0 Å². The normalized spacial score (nSPS) is 9.55. The molecule has 0 aliphatic rings. The van der Waals surface area contributed by atoms with Crippen LogP contribution in [0.3, 0.4) is 0 Å². The summed E-state index contributed by atoms with van der Waals surface area (Å²) in [6.07, 6.45) is 1.53. The van der Waals surface area contributed by atoms with Crippen LogP contribution in [0.4, 0.5) is 0 Å². The lowest BCUT2D eigenvalue weighted by atomic mass is 10.2. The standard InChI is InChI=1S/C8H9NO2/c1-6(10)7-3-4-8(11)9(2)5-7/h3-5,10H,1H2,2H3. The molecule has 0 aliphatic carbocycles. The molecule has 3 nitrogen and oxygen atoms in total. The van der Waals surface area contributed by atoms with Gasteiger partial charge in [-0.05, 0) is 6.07 Å². The minimum absolute atomic E-state index is 0.0272. The van der Waals surface area contributed by atoms with Gasteiger partial charge in [-0.1, -0.05) is 6.58 Å². The topological polar surface area (TPSA) is 42.2 Å². The maximum atomic E-state index is 10.8. The molecule has 0 atom stereocenters. The van der Waals surface area contributed by atoms with E-state index in [2.05, 4.69) is 6.58 Å². The first-order valence-electron chi connectivity index (χ1n) is 3.16. The lowest BCUT2D eigenvalue weighted by Crippen LogP contribution is -2.14. The SMILES string of the molecule is C=C(O)c1ccc(=O)n(C)c1. The van der Waals surface area contributed by atoms with Gasteiger partial charge in [0, 0.05) is 24.9 Å². The first kappa shape index (κ1) is 7.60. The van der Waals surface area contributed by atoms with Crippen molar-refractivity contribution in [1.29, 1.82) is 0 Å². The predicted octanol–water partition coefficient (Wildman–Crippen LogP) is 0.914. The molecule has 0 spiro atoms. The van der Waals surface area contributed by atoms with Gasteiger partial charge < -0.3 is 9.67 Å². The first-order valence-corrected chi connectivity index (χ1v) is 3.16. The summed E-state index contributed by atoms with van der Waals surface area (Å²) in [5.74, 6) is -0.0272. The molecule has 11 heavy (non-hydrogen) atoms. The highest BCUT2D eigenvalue weighted by atomic mass is 16.3. The zero-order valence-corrected chi connectivity index (χ0v) is 6.24. The molecule has 0 bridgehead atoms. The van der Waals surface area contributed by atoms with Crippen molar-refractivity contribution < 1.29 is 5.11 Å². The molecule has 1 rings (SSSR count). The molecule has 0 amide bonds. The second kappa shape index (κ2) is 2.62. The number of aliphatic hydroxyl groups excluding tert-OH is 1. The fourth-order valence-electron chi connectivity index (χ4n) is 0.765. The fourth-order valence-corrected chi connectivity index (χ4v) is 0.765. The van der Waals surface area contributed by atoms with E-state index < -0.39 is 0 Å². The highest BCUT2D eigenvalue weighted by molar-refractivity contribution is 5.54.